The molecule has 3 aromatic carbocycles. The van der Waals surface area contributed by atoms with Crippen molar-refractivity contribution in [2.24, 2.45) is 0 Å². The molecule has 2 N–H and O–H groups in total. The number of ether oxygens (including phenoxy) is 2. The van der Waals surface area contributed by atoms with E-state index in [9.17, 15) is 24.6 Å². The Hall–Kier alpha value is -4.13. The number of rotatable bonds is 11. The number of aryl methyl sites for hydroxylation is 1. The van der Waals surface area contributed by atoms with Gasteiger partial charge in [-0.1, -0.05) is 48.5 Å². The van der Waals surface area contributed by atoms with Crippen molar-refractivity contribution in [3.05, 3.63) is 88.5 Å². The van der Waals surface area contributed by atoms with Crippen molar-refractivity contribution in [3.63, 3.8) is 0 Å². The molecule has 35 heavy (non-hydrogen) atoms. The van der Waals surface area contributed by atoms with Gasteiger partial charge in [0.05, 0.1) is 17.7 Å². The third kappa shape index (κ3) is 6.26. The largest absolute Gasteiger partial charge is 0.488 e. The summed E-state index contributed by atoms with van der Waals surface area (Å²) in [5, 5.41) is 20.1. The molecule has 0 aliphatic rings. The van der Waals surface area contributed by atoms with Crippen LogP contribution >= 0.6 is 0 Å². The fraction of sp³-hybridized carbons (Fsp3) is 0.250. The molecule has 0 heterocycles. The molecule has 3 aromatic rings. The fourth-order valence-corrected chi connectivity index (χ4v) is 4.00. The van der Waals surface area contributed by atoms with Crippen LogP contribution in [-0.4, -0.2) is 34.7 Å². The Labute approximate surface area is 203 Å². The number of para-hydroxylation sites is 1. The van der Waals surface area contributed by atoms with Crippen molar-refractivity contribution in [1.82, 2.24) is 0 Å². The molecule has 0 unspecified atom stereocenters. The summed E-state index contributed by atoms with van der Waals surface area (Å²) < 4.78 is 10.9. The van der Waals surface area contributed by atoms with Crippen LogP contribution in [0.25, 0.3) is 11.1 Å². The Balaban J connectivity index is 2.05. The molecule has 0 aromatic heterocycles. The van der Waals surface area contributed by atoms with E-state index in [2.05, 4.69) is 0 Å². The van der Waals surface area contributed by atoms with Gasteiger partial charge in [0.15, 0.2) is 0 Å². The van der Waals surface area contributed by atoms with Gasteiger partial charge in [-0.15, -0.1) is 0 Å². The predicted molar refractivity (Wildman–Crippen MR) is 131 cm³/mol. The molecule has 0 amide bonds. The van der Waals surface area contributed by atoms with Gasteiger partial charge in [0.2, 0.25) is 0 Å². The molecule has 0 bridgehead atoms. The third-order valence-corrected chi connectivity index (χ3v) is 5.66. The van der Waals surface area contributed by atoms with E-state index in [1.807, 2.05) is 30.3 Å². The Morgan fingerprint density at radius 1 is 0.914 bits per heavy atom. The second-order valence-electron chi connectivity index (χ2n) is 8.00. The minimum absolute atomic E-state index is 0.0909. The van der Waals surface area contributed by atoms with E-state index in [-0.39, 0.29) is 42.3 Å². The number of carbonyl (C=O) groups excluding carboxylic acids is 1. The molecule has 182 valence electrons. The van der Waals surface area contributed by atoms with E-state index >= 15 is 0 Å². The number of benzene rings is 3. The normalized spacial score (nSPS) is 10.6. The van der Waals surface area contributed by atoms with Gasteiger partial charge >= 0.3 is 17.9 Å². The molecule has 0 fully saturated rings. The fourth-order valence-electron chi connectivity index (χ4n) is 4.00. The zero-order valence-electron chi connectivity index (χ0n) is 19.7. The minimum Gasteiger partial charge on any atom is -0.488 e. The lowest BCUT2D eigenvalue weighted by Crippen LogP contribution is -2.13. The Bertz CT molecular complexity index is 1220. The summed E-state index contributed by atoms with van der Waals surface area (Å²) in [5.41, 5.74) is 2.21. The Morgan fingerprint density at radius 2 is 1.60 bits per heavy atom. The molecule has 0 saturated carbocycles. The van der Waals surface area contributed by atoms with E-state index in [1.54, 1.807) is 38.1 Å². The average molecular weight is 477 g/mol. The lowest BCUT2D eigenvalue weighted by Gasteiger charge is -2.19. The van der Waals surface area contributed by atoms with Crippen molar-refractivity contribution in [1.29, 1.82) is 0 Å². The molecule has 0 aliphatic carbocycles. The van der Waals surface area contributed by atoms with E-state index in [0.717, 1.165) is 5.56 Å². The highest BCUT2D eigenvalue weighted by Gasteiger charge is 2.26. The third-order valence-electron chi connectivity index (χ3n) is 5.66. The summed E-state index contributed by atoms with van der Waals surface area (Å²) >= 11 is 0. The van der Waals surface area contributed by atoms with Crippen LogP contribution < -0.4 is 4.74 Å². The summed E-state index contributed by atoms with van der Waals surface area (Å²) in [6, 6.07) is 17.8. The molecular weight excluding hydrogens is 448 g/mol. The van der Waals surface area contributed by atoms with Crippen molar-refractivity contribution >= 4 is 17.9 Å². The van der Waals surface area contributed by atoms with Gasteiger partial charge in [-0.2, -0.15) is 0 Å². The van der Waals surface area contributed by atoms with Gasteiger partial charge in [-0.25, -0.2) is 9.59 Å². The minimum atomic E-state index is -1.24. The topological polar surface area (TPSA) is 110 Å². The summed E-state index contributed by atoms with van der Waals surface area (Å²) in [5.74, 6) is -2.43. The molecule has 0 atom stereocenters. The van der Waals surface area contributed by atoms with E-state index in [1.165, 1.54) is 6.07 Å². The average Bonchev–Trinajstić information content (AvgIpc) is 2.84. The number of aromatic carboxylic acids is 2. The molecule has 3 rings (SSSR count). The van der Waals surface area contributed by atoms with Crippen molar-refractivity contribution in [3.8, 4) is 16.9 Å². The zero-order chi connectivity index (χ0) is 25.4. The molecule has 0 saturated heterocycles. The number of carboxylic acids is 2. The van der Waals surface area contributed by atoms with Crippen LogP contribution in [0.2, 0.25) is 0 Å². The van der Waals surface area contributed by atoms with E-state index in [0.29, 0.717) is 35.3 Å². The number of carboxylic acid groups (broad SMARTS) is 2. The maximum atomic E-state index is 12.4. The zero-order valence-corrected chi connectivity index (χ0v) is 19.7. The molecule has 0 spiro atoms. The van der Waals surface area contributed by atoms with Crippen molar-refractivity contribution < 1.29 is 34.1 Å². The number of hydrogen-bond donors (Lipinski definition) is 2. The Morgan fingerprint density at radius 3 is 2.26 bits per heavy atom. The molecule has 0 aliphatic heterocycles. The lowest BCUT2D eigenvalue weighted by atomic mass is 9.86. The van der Waals surface area contributed by atoms with E-state index in [4.69, 9.17) is 9.47 Å². The van der Waals surface area contributed by atoms with Gasteiger partial charge in [0.25, 0.3) is 0 Å². The summed E-state index contributed by atoms with van der Waals surface area (Å²) in [7, 11) is 0. The highest BCUT2D eigenvalue weighted by atomic mass is 16.5. The summed E-state index contributed by atoms with van der Waals surface area (Å²) in [4.78, 5) is 36.4. The van der Waals surface area contributed by atoms with E-state index < -0.39 is 11.9 Å². The van der Waals surface area contributed by atoms with Gasteiger partial charge in [0, 0.05) is 17.5 Å². The first-order valence-electron chi connectivity index (χ1n) is 11.4. The second-order valence-corrected chi connectivity index (χ2v) is 8.00. The van der Waals surface area contributed by atoms with Gasteiger partial charge in [-0.05, 0) is 55.5 Å². The molecular formula is C28H28O7. The number of esters is 1. The number of carbonyl (C=O) groups is 3. The van der Waals surface area contributed by atoms with Crippen LogP contribution in [0.5, 0.6) is 5.75 Å². The first-order valence-corrected chi connectivity index (χ1v) is 11.4. The van der Waals surface area contributed by atoms with Crippen LogP contribution in [0.15, 0.2) is 60.7 Å². The van der Waals surface area contributed by atoms with Crippen LogP contribution in [0.4, 0.5) is 0 Å². The van der Waals surface area contributed by atoms with Gasteiger partial charge < -0.3 is 19.7 Å². The standard InChI is InChI=1S/C28H28O7/c1-3-34-24(29)15-9-12-20-16-22(27(30)31)26(25(18(20)2)28(32)33)21-13-7-8-14-23(21)35-17-19-10-5-4-6-11-19/h4-8,10-11,13-14,16H,3,9,12,15,17H2,1-2H3,(H,30,31)(H,32,33). The van der Waals surface area contributed by atoms with Crippen molar-refractivity contribution in [2.45, 2.75) is 39.7 Å². The first-order chi connectivity index (χ1) is 16.8. The summed E-state index contributed by atoms with van der Waals surface area (Å²) in [6.45, 7) is 3.91. The van der Waals surface area contributed by atoms with Gasteiger partial charge in [0.1, 0.15) is 12.4 Å². The second kappa shape index (κ2) is 11.8. The van der Waals surface area contributed by atoms with Crippen LogP contribution in [0.1, 0.15) is 57.2 Å². The van der Waals surface area contributed by atoms with Crippen molar-refractivity contribution in [2.75, 3.05) is 6.61 Å². The maximum Gasteiger partial charge on any atom is 0.336 e. The highest BCUT2D eigenvalue weighted by molar-refractivity contribution is 6.07. The SMILES string of the molecule is CCOC(=O)CCCc1cc(C(=O)O)c(-c2ccccc2OCc2ccccc2)c(C(=O)O)c1C. The molecule has 7 nitrogen and oxygen atoms in total. The lowest BCUT2D eigenvalue weighted by molar-refractivity contribution is -0.143. The molecule has 7 heteroatoms. The van der Waals surface area contributed by atoms with Crippen LogP contribution in [0, 0.1) is 6.92 Å². The first kappa shape index (κ1) is 25.5. The highest BCUT2D eigenvalue weighted by Crippen LogP contribution is 2.38. The van der Waals surface area contributed by atoms with Gasteiger partial charge in [-0.3, -0.25) is 4.79 Å². The Kier molecular flexibility index (Phi) is 8.62. The predicted octanol–water partition coefficient (Wildman–Crippen LogP) is 5.52. The quantitative estimate of drug-likeness (QED) is 0.351. The number of hydrogen-bond acceptors (Lipinski definition) is 5. The molecule has 0 radical (unpaired) electrons. The monoisotopic (exact) mass is 476 g/mol. The maximum absolute atomic E-state index is 12.4. The smallest absolute Gasteiger partial charge is 0.336 e. The summed E-state index contributed by atoms with van der Waals surface area (Å²) in [6.07, 6.45) is 0.918. The van der Waals surface area contributed by atoms with Crippen LogP contribution in [0.3, 0.4) is 0 Å². The van der Waals surface area contributed by atoms with Crippen LogP contribution in [-0.2, 0) is 22.6 Å².